The van der Waals surface area contributed by atoms with Gasteiger partial charge in [-0.2, -0.15) is 9.29 Å². The fourth-order valence-corrected chi connectivity index (χ4v) is 5.28. The first kappa shape index (κ1) is 19.7. The predicted octanol–water partition coefficient (Wildman–Crippen LogP) is 2.90. The number of nitrogens with one attached hydrogen (secondary N) is 1. The first-order valence-electron chi connectivity index (χ1n) is 9.29. The minimum atomic E-state index is -3.49. The quantitative estimate of drug-likeness (QED) is 0.642. The Bertz CT molecular complexity index is 1070. The van der Waals surface area contributed by atoms with E-state index in [2.05, 4.69) is 15.5 Å². The lowest BCUT2D eigenvalue weighted by molar-refractivity contribution is 0.0907. The van der Waals surface area contributed by atoms with Gasteiger partial charge in [0.1, 0.15) is 0 Å². The highest BCUT2D eigenvalue weighted by Gasteiger charge is 2.26. The van der Waals surface area contributed by atoms with Crippen molar-refractivity contribution >= 4 is 27.3 Å². The van der Waals surface area contributed by atoms with E-state index in [-0.39, 0.29) is 16.6 Å². The van der Waals surface area contributed by atoms with E-state index in [1.54, 1.807) is 23.5 Å². The zero-order chi connectivity index (χ0) is 20.3. The van der Waals surface area contributed by atoms with Gasteiger partial charge in [0.25, 0.3) is 0 Å². The zero-order valence-corrected chi connectivity index (χ0v) is 17.2. The smallest absolute Gasteiger partial charge is 0.316 e. The summed E-state index contributed by atoms with van der Waals surface area (Å²) in [5.74, 6) is -0.365. The van der Waals surface area contributed by atoms with Crippen LogP contribution in [0.2, 0.25) is 0 Å². The molecule has 1 fully saturated rings. The zero-order valence-electron chi connectivity index (χ0n) is 15.6. The summed E-state index contributed by atoms with van der Waals surface area (Å²) in [7, 11) is -3.49. The van der Waals surface area contributed by atoms with Crippen LogP contribution in [0.5, 0.6) is 0 Å². The molecule has 1 aromatic carbocycles. The minimum absolute atomic E-state index is 0.137. The second-order valence-corrected chi connectivity index (χ2v) is 9.64. The number of rotatable bonds is 6. The molecule has 10 heteroatoms. The van der Waals surface area contributed by atoms with Crippen molar-refractivity contribution in [3.05, 3.63) is 52.5 Å². The number of nitrogens with zero attached hydrogens (tertiary/aromatic N) is 3. The summed E-state index contributed by atoms with van der Waals surface area (Å²) >= 11 is 1.54. The first-order chi connectivity index (χ1) is 14.0. The van der Waals surface area contributed by atoms with Crippen molar-refractivity contribution in [2.75, 3.05) is 13.1 Å². The second kappa shape index (κ2) is 8.44. The Hall–Kier alpha value is -2.56. The number of hydrogen-bond acceptors (Lipinski definition) is 7. The Morgan fingerprint density at radius 2 is 1.90 bits per heavy atom. The van der Waals surface area contributed by atoms with Gasteiger partial charge in [-0.05, 0) is 48.6 Å². The summed E-state index contributed by atoms with van der Waals surface area (Å²) < 4.78 is 32.0. The molecule has 3 aromatic rings. The maximum absolute atomic E-state index is 12.7. The summed E-state index contributed by atoms with van der Waals surface area (Å²) in [5, 5.41) is 8.48. The second-order valence-electron chi connectivity index (χ2n) is 6.67. The van der Waals surface area contributed by atoms with Gasteiger partial charge in [-0.15, -0.1) is 11.3 Å². The molecule has 8 nitrogen and oxygen atoms in total. The molecule has 0 spiro atoms. The molecule has 29 heavy (non-hydrogen) atoms. The molecule has 1 aliphatic heterocycles. The van der Waals surface area contributed by atoms with Gasteiger partial charge in [0.15, 0.2) is 0 Å². The van der Waals surface area contributed by atoms with E-state index in [9.17, 15) is 13.2 Å². The van der Waals surface area contributed by atoms with Gasteiger partial charge in [0, 0.05) is 23.5 Å². The highest BCUT2D eigenvalue weighted by molar-refractivity contribution is 7.89. The van der Waals surface area contributed by atoms with E-state index in [0.29, 0.717) is 25.2 Å². The van der Waals surface area contributed by atoms with Crippen molar-refractivity contribution in [3.63, 3.8) is 0 Å². The first-order valence-corrected chi connectivity index (χ1v) is 11.6. The summed E-state index contributed by atoms with van der Waals surface area (Å²) in [6, 6.07) is 10.1. The number of carbonyl (C=O) groups excluding carboxylic acids is 1. The number of hydrogen-bond donors (Lipinski definition) is 1. The summed E-state index contributed by atoms with van der Waals surface area (Å²) in [6.45, 7) is 1.50. The molecule has 2 aromatic heterocycles. The Labute approximate surface area is 172 Å². The molecule has 0 atom stereocenters. The van der Waals surface area contributed by atoms with Gasteiger partial charge in [-0.25, -0.2) is 8.42 Å². The summed E-state index contributed by atoms with van der Waals surface area (Å²) in [5.41, 5.74) is 0.573. The van der Waals surface area contributed by atoms with Crippen LogP contribution in [0.25, 0.3) is 11.4 Å². The van der Waals surface area contributed by atoms with Crippen LogP contribution in [0.4, 0.5) is 0 Å². The van der Waals surface area contributed by atoms with Crippen molar-refractivity contribution in [1.82, 2.24) is 19.8 Å². The minimum Gasteiger partial charge on any atom is -0.343 e. The third-order valence-electron chi connectivity index (χ3n) is 4.69. The lowest BCUT2D eigenvalue weighted by Crippen LogP contribution is -2.35. The van der Waals surface area contributed by atoms with E-state index in [0.717, 1.165) is 24.1 Å². The normalized spacial score (nSPS) is 15.3. The largest absolute Gasteiger partial charge is 0.343 e. The number of carbonyl (C=O) groups is 1. The summed E-state index contributed by atoms with van der Waals surface area (Å²) in [4.78, 5) is 17.5. The Kier molecular flexibility index (Phi) is 5.74. The molecule has 0 unspecified atom stereocenters. The SMILES string of the molecule is O=C(NCc1cccs1)c1nc(-c2ccc(S(=O)(=O)N3CCCCC3)cc2)no1. The molecule has 1 amide bonds. The van der Waals surface area contributed by atoms with Crippen LogP contribution >= 0.6 is 11.3 Å². The third kappa shape index (κ3) is 4.39. The number of sulfonamides is 1. The Morgan fingerprint density at radius 3 is 2.59 bits per heavy atom. The predicted molar refractivity (Wildman–Crippen MR) is 108 cm³/mol. The Morgan fingerprint density at radius 1 is 1.14 bits per heavy atom. The van der Waals surface area contributed by atoms with Crippen molar-refractivity contribution < 1.29 is 17.7 Å². The highest BCUT2D eigenvalue weighted by Crippen LogP contribution is 2.23. The number of aromatic nitrogens is 2. The van der Waals surface area contributed by atoms with Gasteiger partial charge in [-0.1, -0.05) is 17.6 Å². The van der Waals surface area contributed by atoms with Gasteiger partial charge in [0.05, 0.1) is 11.4 Å². The maximum Gasteiger partial charge on any atom is 0.316 e. The van der Waals surface area contributed by atoms with Crippen LogP contribution in [-0.2, 0) is 16.6 Å². The standard InChI is InChI=1S/C19H20N4O4S2/c24-18(20-13-15-5-4-12-28-15)19-21-17(22-27-19)14-6-8-16(9-7-14)29(25,26)23-10-2-1-3-11-23/h4-9,12H,1-3,10-11,13H2,(H,20,24). The number of piperidine rings is 1. The van der Waals surface area contributed by atoms with Crippen molar-refractivity contribution in [1.29, 1.82) is 0 Å². The van der Waals surface area contributed by atoms with Crippen LogP contribution < -0.4 is 5.32 Å². The van der Waals surface area contributed by atoms with Crippen molar-refractivity contribution in [2.24, 2.45) is 0 Å². The van der Waals surface area contributed by atoms with E-state index in [1.807, 2.05) is 17.5 Å². The van der Waals surface area contributed by atoms with Gasteiger partial charge >= 0.3 is 11.8 Å². The molecule has 0 radical (unpaired) electrons. The average Bonchev–Trinajstić information content (AvgIpc) is 3.45. The van der Waals surface area contributed by atoms with E-state index < -0.39 is 15.9 Å². The summed E-state index contributed by atoms with van der Waals surface area (Å²) in [6.07, 6.45) is 2.83. The molecule has 1 N–H and O–H groups in total. The fraction of sp³-hybridized carbons (Fsp3) is 0.316. The van der Waals surface area contributed by atoms with E-state index in [4.69, 9.17) is 4.52 Å². The fourth-order valence-electron chi connectivity index (χ4n) is 3.12. The highest BCUT2D eigenvalue weighted by atomic mass is 32.2. The maximum atomic E-state index is 12.7. The molecule has 152 valence electrons. The molecule has 4 rings (SSSR count). The monoisotopic (exact) mass is 432 g/mol. The van der Waals surface area contributed by atoms with Crippen LogP contribution in [0.3, 0.4) is 0 Å². The van der Waals surface area contributed by atoms with Crippen LogP contribution in [0, 0.1) is 0 Å². The number of amides is 1. The van der Waals surface area contributed by atoms with Crippen LogP contribution in [0.1, 0.15) is 34.8 Å². The molecule has 0 bridgehead atoms. The molecular formula is C19H20N4O4S2. The van der Waals surface area contributed by atoms with Crippen molar-refractivity contribution in [3.8, 4) is 11.4 Å². The molecular weight excluding hydrogens is 412 g/mol. The Balaban J connectivity index is 1.45. The lowest BCUT2D eigenvalue weighted by atomic mass is 10.2. The van der Waals surface area contributed by atoms with Crippen molar-refractivity contribution in [2.45, 2.75) is 30.7 Å². The molecule has 1 saturated heterocycles. The van der Waals surface area contributed by atoms with Gasteiger partial charge in [-0.3, -0.25) is 4.79 Å². The molecule has 3 heterocycles. The van der Waals surface area contributed by atoms with Crippen LogP contribution in [0.15, 0.2) is 51.2 Å². The van der Waals surface area contributed by atoms with Crippen LogP contribution in [-0.4, -0.2) is 41.9 Å². The van der Waals surface area contributed by atoms with Gasteiger partial charge in [0.2, 0.25) is 15.8 Å². The number of thiophene rings is 1. The molecule has 0 saturated carbocycles. The van der Waals surface area contributed by atoms with E-state index in [1.165, 1.54) is 16.4 Å². The van der Waals surface area contributed by atoms with Gasteiger partial charge < -0.3 is 9.84 Å². The van der Waals surface area contributed by atoms with E-state index >= 15 is 0 Å². The topological polar surface area (TPSA) is 105 Å². The molecule has 1 aliphatic rings. The number of benzene rings is 1. The molecule has 0 aliphatic carbocycles. The average molecular weight is 433 g/mol. The lowest BCUT2D eigenvalue weighted by Gasteiger charge is -2.25. The third-order valence-corrected chi connectivity index (χ3v) is 7.48.